The molecule has 0 radical (unpaired) electrons. The van der Waals surface area contributed by atoms with Crippen LogP contribution in [0.3, 0.4) is 0 Å². The number of nitrogens with zero attached hydrogens (tertiary/aromatic N) is 1. The maximum Gasteiger partial charge on any atom is 0.269 e. The van der Waals surface area contributed by atoms with Crippen LogP contribution in [0.25, 0.3) is 0 Å². The fourth-order valence-electron chi connectivity index (χ4n) is 2.56. The summed E-state index contributed by atoms with van der Waals surface area (Å²) in [5.41, 5.74) is 1.40. The molecule has 152 valence electrons. The number of nitrogens with one attached hydrogen (secondary N) is 3. The first-order chi connectivity index (χ1) is 14.0. The number of hydrogen-bond acceptors (Lipinski definition) is 6. The molecule has 1 aliphatic carbocycles. The topological polar surface area (TPSA) is 123 Å². The van der Waals surface area contributed by atoms with Gasteiger partial charge in [-0.15, -0.1) is 0 Å². The van der Waals surface area contributed by atoms with Gasteiger partial charge in [-0.05, 0) is 37.1 Å². The first-order valence-corrected chi connectivity index (χ1v) is 9.30. The molecule has 0 aromatic heterocycles. The Kier molecular flexibility index (Phi) is 6.62. The Morgan fingerprint density at radius 1 is 1.07 bits per heavy atom. The van der Waals surface area contributed by atoms with Crippen LogP contribution in [-0.4, -0.2) is 36.4 Å². The molecule has 9 heteroatoms. The monoisotopic (exact) mass is 398 g/mol. The van der Waals surface area contributed by atoms with Crippen molar-refractivity contribution in [1.29, 1.82) is 0 Å². The second-order valence-corrected chi connectivity index (χ2v) is 6.66. The molecule has 2 aromatic rings. The van der Waals surface area contributed by atoms with E-state index >= 15 is 0 Å². The van der Waals surface area contributed by atoms with Crippen molar-refractivity contribution in [3.63, 3.8) is 0 Å². The Morgan fingerprint density at radius 2 is 1.83 bits per heavy atom. The zero-order chi connectivity index (χ0) is 20.6. The number of ether oxygens (including phenoxy) is 1. The van der Waals surface area contributed by atoms with Gasteiger partial charge in [0.05, 0.1) is 4.92 Å². The fraction of sp³-hybridized carbons (Fsp3) is 0.300. The number of carbonyl (C=O) groups is 2. The van der Waals surface area contributed by atoms with Crippen molar-refractivity contribution < 1.29 is 19.2 Å². The summed E-state index contributed by atoms with van der Waals surface area (Å²) in [5, 5.41) is 19.2. The molecule has 0 spiro atoms. The van der Waals surface area contributed by atoms with E-state index in [-0.39, 0.29) is 30.0 Å². The molecule has 2 amide bonds. The van der Waals surface area contributed by atoms with Crippen LogP contribution in [0.5, 0.6) is 5.75 Å². The number of anilines is 2. The zero-order valence-electron chi connectivity index (χ0n) is 15.7. The van der Waals surface area contributed by atoms with Crippen LogP contribution < -0.4 is 20.7 Å². The van der Waals surface area contributed by atoms with Crippen molar-refractivity contribution in [1.82, 2.24) is 5.32 Å². The zero-order valence-corrected chi connectivity index (χ0v) is 15.7. The molecular weight excluding hydrogens is 376 g/mol. The second kappa shape index (κ2) is 9.54. The van der Waals surface area contributed by atoms with Crippen molar-refractivity contribution in [2.24, 2.45) is 5.92 Å². The molecule has 2 aromatic carbocycles. The van der Waals surface area contributed by atoms with Crippen molar-refractivity contribution in [2.75, 3.05) is 30.3 Å². The number of nitro benzene ring substituents is 1. The van der Waals surface area contributed by atoms with Crippen molar-refractivity contribution >= 4 is 28.9 Å². The highest BCUT2D eigenvalue weighted by molar-refractivity contribution is 5.94. The quantitative estimate of drug-likeness (QED) is 0.321. The Hall–Kier alpha value is -3.62. The Morgan fingerprint density at radius 3 is 2.52 bits per heavy atom. The lowest BCUT2D eigenvalue weighted by Crippen LogP contribution is -2.32. The molecule has 0 bridgehead atoms. The summed E-state index contributed by atoms with van der Waals surface area (Å²) in [6, 6.07) is 13.0. The highest BCUT2D eigenvalue weighted by Gasteiger charge is 2.29. The molecule has 3 N–H and O–H groups in total. The summed E-state index contributed by atoms with van der Waals surface area (Å²) in [6.07, 6.45) is 1.86. The molecular formula is C20H22N4O5. The Bertz CT molecular complexity index is 881. The van der Waals surface area contributed by atoms with Crippen LogP contribution in [-0.2, 0) is 9.59 Å². The minimum Gasteiger partial charge on any atom is -0.484 e. The third kappa shape index (κ3) is 6.49. The SMILES string of the molecule is O=C(COc1cccc(NC(=O)C2CC2)c1)NCCNc1ccc([N+](=O)[O-])cc1. The smallest absolute Gasteiger partial charge is 0.269 e. The van der Waals surface area contributed by atoms with E-state index in [1.165, 1.54) is 12.1 Å². The molecule has 3 rings (SSSR count). The van der Waals surface area contributed by atoms with Crippen molar-refractivity contribution in [2.45, 2.75) is 12.8 Å². The van der Waals surface area contributed by atoms with Crippen LogP contribution in [0.1, 0.15) is 12.8 Å². The number of hydrogen-bond donors (Lipinski definition) is 3. The molecule has 29 heavy (non-hydrogen) atoms. The van der Waals surface area contributed by atoms with Crippen molar-refractivity contribution in [3.8, 4) is 5.75 Å². The average Bonchev–Trinajstić information content (AvgIpc) is 3.56. The lowest BCUT2D eigenvalue weighted by molar-refractivity contribution is -0.384. The Labute approximate surface area is 167 Å². The van der Waals surface area contributed by atoms with Crippen molar-refractivity contribution in [3.05, 3.63) is 58.6 Å². The lowest BCUT2D eigenvalue weighted by Gasteiger charge is -2.10. The summed E-state index contributed by atoms with van der Waals surface area (Å²) in [4.78, 5) is 33.9. The van der Waals surface area contributed by atoms with Gasteiger partial charge < -0.3 is 20.7 Å². The number of carbonyl (C=O) groups excluding carboxylic acids is 2. The molecule has 9 nitrogen and oxygen atoms in total. The average molecular weight is 398 g/mol. The maximum atomic E-state index is 11.9. The van der Waals surface area contributed by atoms with Crippen LogP contribution >= 0.6 is 0 Å². The van der Waals surface area contributed by atoms with E-state index < -0.39 is 4.92 Å². The number of amides is 2. The first-order valence-electron chi connectivity index (χ1n) is 9.30. The lowest BCUT2D eigenvalue weighted by atomic mass is 10.3. The molecule has 0 saturated heterocycles. The maximum absolute atomic E-state index is 11.9. The standard InChI is InChI=1S/C20H22N4O5/c25-19(22-11-10-21-15-6-8-17(9-7-15)24(27)28)13-29-18-3-1-2-16(12-18)23-20(26)14-4-5-14/h1-3,6-9,12,14,21H,4-5,10-11,13H2,(H,22,25)(H,23,26). The molecule has 0 heterocycles. The van der Waals surface area contributed by atoms with Gasteiger partial charge in [0, 0.05) is 48.6 Å². The highest BCUT2D eigenvalue weighted by Crippen LogP contribution is 2.30. The van der Waals surface area contributed by atoms with Crippen LogP contribution in [0.4, 0.5) is 17.1 Å². The molecule has 1 fully saturated rings. The normalized spacial score (nSPS) is 12.7. The fourth-order valence-corrected chi connectivity index (χ4v) is 2.56. The van der Waals surface area contributed by atoms with Gasteiger partial charge in [0.2, 0.25) is 5.91 Å². The summed E-state index contributed by atoms with van der Waals surface area (Å²) in [6.45, 7) is 0.695. The predicted molar refractivity (Wildman–Crippen MR) is 108 cm³/mol. The van der Waals surface area contributed by atoms with E-state index in [9.17, 15) is 19.7 Å². The summed E-state index contributed by atoms with van der Waals surface area (Å²) in [7, 11) is 0. The van der Waals surface area contributed by atoms with Crippen LogP contribution in [0.2, 0.25) is 0 Å². The van der Waals surface area contributed by atoms with Gasteiger partial charge in [0.15, 0.2) is 6.61 Å². The third-order valence-corrected chi connectivity index (χ3v) is 4.27. The molecule has 1 saturated carbocycles. The van der Waals surface area contributed by atoms with Gasteiger partial charge in [-0.3, -0.25) is 19.7 Å². The van der Waals surface area contributed by atoms with Crippen LogP contribution in [0, 0.1) is 16.0 Å². The molecule has 0 aliphatic heterocycles. The van der Waals surface area contributed by atoms with Gasteiger partial charge in [-0.25, -0.2) is 0 Å². The van der Waals surface area contributed by atoms with E-state index in [0.717, 1.165) is 18.5 Å². The number of nitro groups is 1. The minimum absolute atomic E-state index is 0.0143. The van der Waals surface area contributed by atoms with E-state index in [4.69, 9.17) is 4.74 Å². The largest absolute Gasteiger partial charge is 0.484 e. The third-order valence-electron chi connectivity index (χ3n) is 4.27. The van der Waals surface area contributed by atoms with Gasteiger partial charge >= 0.3 is 0 Å². The Balaban J connectivity index is 1.34. The molecule has 0 atom stereocenters. The van der Waals surface area contributed by atoms with Gasteiger partial charge in [0.1, 0.15) is 5.75 Å². The number of rotatable bonds is 10. The molecule has 1 aliphatic rings. The van der Waals surface area contributed by atoms with E-state index in [1.54, 1.807) is 36.4 Å². The molecule has 0 unspecified atom stereocenters. The summed E-state index contributed by atoms with van der Waals surface area (Å²) >= 11 is 0. The predicted octanol–water partition coefficient (Wildman–Crippen LogP) is 2.55. The number of non-ortho nitro benzene ring substituents is 1. The number of benzene rings is 2. The van der Waals surface area contributed by atoms with E-state index in [0.29, 0.717) is 24.5 Å². The minimum atomic E-state index is -0.458. The highest BCUT2D eigenvalue weighted by atomic mass is 16.6. The summed E-state index contributed by atoms with van der Waals surface area (Å²) < 4.78 is 5.47. The van der Waals surface area contributed by atoms with Gasteiger partial charge in [0.25, 0.3) is 11.6 Å². The summed E-state index contributed by atoms with van der Waals surface area (Å²) in [5.74, 6) is 0.353. The van der Waals surface area contributed by atoms with E-state index in [1.807, 2.05) is 0 Å². The van der Waals surface area contributed by atoms with Gasteiger partial charge in [-0.1, -0.05) is 6.07 Å². The second-order valence-electron chi connectivity index (χ2n) is 6.66. The van der Waals surface area contributed by atoms with Crippen LogP contribution in [0.15, 0.2) is 48.5 Å². The van der Waals surface area contributed by atoms with E-state index in [2.05, 4.69) is 16.0 Å². The first kappa shape index (κ1) is 20.1. The van der Waals surface area contributed by atoms with Gasteiger partial charge in [-0.2, -0.15) is 0 Å².